The fourth-order valence-corrected chi connectivity index (χ4v) is 1.15. The summed E-state index contributed by atoms with van der Waals surface area (Å²) < 4.78 is 0. The summed E-state index contributed by atoms with van der Waals surface area (Å²) >= 11 is 0. The van der Waals surface area contributed by atoms with Crippen LogP contribution in [0.25, 0.3) is 0 Å². The Kier molecular flexibility index (Phi) is 6.57. The van der Waals surface area contributed by atoms with Crippen LogP contribution in [0.2, 0.25) is 0 Å². The van der Waals surface area contributed by atoms with Gasteiger partial charge in [-0.05, 0) is 26.7 Å². The lowest BCUT2D eigenvalue weighted by molar-refractivity contribution is 0.114. The molecule has 0 atom stereocenters. The van der Waals surface area contributed by atoms with Crippen molar-refractivity contribution in [3.8, 4) is 0 Å². The summed E-state index contributed by atoms with van der Waals surface area (Å²) in [5.41, 5.74) is 3.35. The Hall–Kier alpha value is -0.0800. The van der Waals surface area contributed by atoms with E-state index >= 15 is 0 Å². The van der Waals surface area contributed by atoms with E-state index in [-0.39, 0.29) is 0 Å². The van der Waals surface area contributed by atoms with E-state index in [0.29, 0.717) is 6.04 Å². The topological polar surface area (TPSA) is 15.3 Å². The molecule has 0 saturated carbocycles. The van der Waals surface area contributed by atoms with Gasteiger partial charge < -0.3 is 0 Å². The second-order valence-corrected chi connectivity index (χ2v) is 2.90. The lowest BCUT2D eigenvalue weighted by Gasteiger charge is -2.30. The van der Waals surface area contributed by atoms with Gasteiger partial charge in [0.2, 0.25) is 0 Å². The van der Waals surface area contributed by atoms with Crippen molar-refractivity contribution >= 4 is 0 Å². The van der Waals surface area contributed by atoms with Gasteiger partial charge in [-0.1, -0.05) is 13.8 Å². The molecule has 11 heavy (non-hydrogen) atoms. The highest BCUT2D eigenvalue weighted by atomic mass is 15.5. The first-order chi connectivity index (χ1) is 5.30. The van der Waals surface area contributed by atoms with Crippen molar-refractivity contribution < 1.29 is 0 Å². The monoisotopic (exact) mass is 158 g/mol. The van der Waals surface area contributed by atoms with Gasteiger partial charge in [-0.15, -0.1) is 0 Å². The molecule has 0 amide bonds. The number of hydrogen-bond acceptors (Lipinski definition) is 2. The molecule has 1 saturated heterocycles. The minimum Gasteiger partial charge on any atom is -0.255 e. The maximum atomic E-state index is 3.35. The van der Waals surface area contributed by atoms with Gasteiger partial charge >= 0.3 is 0 Å². The fourth-order valence-electron chi connectivity index (χ4n) is 1.15. The second-order valence-electron chi connectivity index (χ2n) is 2.90. The Bertz CT molecular complexity index is 75.6. The van der Waals surface area contributed by atoms with Crippen molar-refractivity contribution in [3.63, 3.8) is 0 Å². The molecule has 0 aliphatic carbocycles. The molecule has 0 aromatic heterocycles. The average molecular weight is 158 g/mol. The van der Waals surface area contributed by atoms with E-state index in [1.165, 1.54) is 19.4 Å². The van der Waals surface area contributed by atoms with E-state index < -0.39 is 0 Å². The largest absolute Gasteiger partial charge is 0.255 e. The summed E-state index contributed by atoms with van der Waals surface area (Å²) in [5.74, 6) is 0. The molecule has 1 aliphatic rings. The number of nitrogens with zero attached hydrogens (tertiary/aromatic N) is 1. The van der Waals surface area contributed by atoms with Crippen LogP contribution in [0.15, 0.2) is 0 Å². The van der Waals surface area contributed by atoms with Crippen LogP contribution < -0.4 is 5.43 Å². The van der Waals surface area contributed by atoms with Crippen LogP contribution in [0.5, 0.6) is 0 Å². The molecule has 1 N–H and O–H groups in total. The van der Waals surface area contributed by atoms with Gasteiger partial charge in [-0.25, -0.2) is 5.01 Å². The first-order valence-corrected chi connectivity index (χ1v) is 4.81. The van der Waals surface area contributed by atoms with Crippen LogP contribution in [0.1, 0.15) is 40.5 Å². The standard InChI is InChI=1S/C7H16N2.C2H6/c1-7(2)9-6-4-3-5-8-9;1-2/h7-8H,3-6H2,1-2H3;1-2H3. The first kappa shape index (κ1) is 10.9. The number of hydrazine groups is 1. The second kappa shape index (κ2) is 6.62. The van der Waals surface area contributed by atoms with Crippen molar-refractivity contribution in [2.75, 3.05) is 13.1 Å². The van der Waals surface area contributed by atoms with E-state index in [9.17, 15) is 0 Å². The summed E-state index contributed by atoms with van der Waals surface area (Å²) in [6.45, 7) is 10.8. The van der Waals surface area contributed by atoms with Gasteiger partial charge in [0, 0.05) is 19.1 Å². The van der Waals surface area contributed by atoms with Crippen LogP contribution in [-0.4, -0.2) is 24.1 Å². The fraction of sp³-hybridized carbons (Fsp3) is 1.00. The molecule has 0 aromatic carbocycles. The van der Waals surface area contributed by atoms with Gasteiger partial charge in [0.25, 0.3) is 0 Å². The summed E-state index contributed by atoms with van der Waals surface area (Å²) in [4.78, 5) is 0. The zero-order valence-electron chi connectivity index (χ0n) is 8.35. The Morgan fingerprint density at radius 1 is 1.18 bits per heavy atom. The molecule has 0 spiro atoms. The van der Waals surface area contributed by atoms with E-state index in [2.05, 4.69) is 24.3 Å². The normalized spacial score (nSPS) is 19.4. The van der Waals surface area contributed by atoms with Crippen molar-refractivity contribution in [3.05, 3.63) is 0 Å². The third kappa shape index (κ3) is 4.38. The van der Waals surface area contributed by atoms with Crippen LogP contribution in [0.4, 0.5) is 0 Å². The van der Waals surface area contributed by atoms with Crippen LogP contribution >= 0.6 is 0 Å². The minimum atomic E-state index is 0.658. The predicted octanol–water partition coefficient (Wildman–Crippen LogP) is 2.02. The number of hydrogen-bond donors (Lipinski definition) is 1. The van der Waals surface area contributed by atoms with E-state index in [1.807, 2.05) is 13.8 Å². The zero-order valence-corrected chi connectivity index (χ0v) is 8.35. The smallest absolute Gasteiger partial charge is 0.0187 e. The summed E-state index contributed by atoms with van der Waals surface area (Å²) in [6, 6.07) is 0.658. The molecule has 2 heteroatoms. The molecule has 1 aliphatic heterocycles. The molecule has 2 nitrogen and oxygen atoms in total. The summed E-state index contributed by atoms with van der Waals surface area (Å²) in [5, 5.41) is 2.31. The third-order valence-electron chi connectivity index (χ3n) is 1.76. The number of nitrogens with one attached hydrogen (secondary N) is 1. The molecule has 1 rings (SSSR count). The van der Waals surface area contributed by atoms with Gasteiger partial charge in [0.15, 0.2) is 0 Å². The van der Waals surface area contributed by atoms with E-state index in [4.69, 9.17) is 0 Å². The molecule has 1 fully saturated rings. The quantitative estimate of drug-likeness (QED) is 0.628. The minimum absolute atomic E-state index is 0.658. The van der Waals surface area contributed by atoms with Gasteiger partial charge in [0.1, 0.15) is 0 Å². The van der Waals surface area contributed by atoms with Crippen molar-refractivity contribution in [2.24, 2.45) is 0 Å². The van der Waals surface area contributed by atoms with Crippen molar-refractivity contribution in [1.82, 2.24) is 10.4 Å². The van der Waals surface area contributed by atoms with Crippen LogP contribution in [0.3, 0.4) is 0 Å². The highest BCUT2D eigenvalue weighted by Crippen LogP contribution is 2.02. The van der Waals surface area contributed by atoms with Crippen molar-refractivity contribution in [1.29, 1.82) is 0 Å². The molecule has 0 bridgehead atoms. The average Bonchev–Trinajstić information content (AvgIpc) is 2.10. The van der Waals surface area contributed by atoms with Crippen molar-refractivity contribution in [2.45, 2.75) is 46.6 Å². The third-order valence-corrected chi connectivity index (χ3v) is 1.76. The highest BCUT2D eigenvalue weighted by Gasteiger charge is 2.10. The van der Waals surface area contributed by atoms with E-state index in [1.54, 1.807) is 0 Å². The van der Waals surface area contributed by atoms with Crippen LogP contribution in [0, 0.1) is 0 Å². The maximum Gasteiger partial charge on any atom is 0.0187 e. The lowest BCUT2D eigenvalue weighted by Crippen LogP contribution is -2.47. The number of rotatable bonds is 1. The van der Waals surface area contributed by atoms with E-state index in [0.717, 1.165) is 6.54 Å². The first-order valence-electron chi connectivity index (χ1n) is 4.81. The lowest BCUT2D eigenvalue weighted by atomic mass is 10.2. The molecule has 0 radical (unpaired) electrons. The predicted molar refractivity (Wildman–Crippen MR) is 50.4 cm³/mol. The summed E-state index contributed by atoms with van der Waals surface area (Å²) in [6.07, 6.45) is 2.69. The SMILES string of the molecule is CC.CC(C)N1CCCCN1. The molecular formula is C9H22N2. The molecule has 0 aromatic rings. The zero-order chi connectivity index (χ0) is 8.69. The molecule has 1 heterocycles. The van der Waals surface area contributed by atoms with Crippen LogP contribution in [-0.2, 0) is 0 Å². The molecule has 0 unspecified atom stereocenters. The summed E-state index contributed by atoms with van der Waals surface area (Å²) in [7, 11) is 0. The van der Waals surface area contributed by atoms with Gasteiger partial charge in [-0.3, -0.25) is 5.43 Å². The van der Waals surface area contributed by atoms with Gasteiger partial charge in [-0.2, -0.15) is 0 Å². The maximum absolute atomic E-state index is 3.35. The Morgan fingerprint density at radius 3 is 2.09 bits per heavy atom. The highest BCUT2D eigenvalue weighted by molar-refractivity contribution is 4.63. The Morgan fingerprint density at radius 2 is 1.82 bits per heavy atom. The van der Waals surface area contributed by atoms with Gasteiger partial charge in [0.05, 0.1) is 0 Å². The molecular weight excluding hydrogens is 136 g/mol. The molecule has 68 valence electrons. The Labute approximate surface area is 70.9 Å². The Balaban J connectivity index is 0.000000461.